The van der Waals surface area contributed by atoms with E-state index in [1.165, 1.54) is 23.9 Å². The van der Waals surface area contributed by atoms with Gasteiger partial charge in [-0.2, -0.15) is 0 Å². The normalized spacial score (nSPS) is 11.6. The first kappa shape index (κ1) is 21.3. The lowest BCUT2D eigenvalue weighted by molar-refractivity contribution is -0.384. The topological polar surface area (TPSA) is 103 Å². The smallest absolute Gasteiger partial charge is 0.269 e. The number of nitro benzene ring substituents is 1. The average Bonchev–Trinajstić information content (AvgIpc) is 3.16. The summed E-state index contributed by atoms with van der Waals surface area (Å²) in [6, 6.07) is 15.1. The summed E-state index contributed by atoms with van der Waals surface area (Å²) in [5.41, 5.74) is 1.57. The summed E-state index contributed by atoms with van der Waals surface area (Å²) in [4.78, 5) is 22.8. The van der Waals surface area contributed by atoms with Gasteiger partial charge in [0, 0.05) is 30.0 Å². The molecule has 0 bridgehead atoms. The van der Waals surface area contributed by atoms with E-state index in [1.807, 2.05) is 29.7 Å². The van der Waals surface area contributed by atoms with Crippen LogP contribution in [-0.4, -0.2) is 25.6 Å². The molecule has 1 atom stereocenters. The summed E-state index contributed by atoms with van der Waals surface area (Å²) >= 11 is 1.47. The number of non-ortho nitro benzene ring substituents is 1. The van der Waals surface area contributed by atoms with Crippen molar-refractivity contribution in [2.24, 2.45) is 0 Å². The van der Waals surface area contributed by atoms with Crippen LogP contribution in [0.2, 0.25) is 0 Å². The zero-order chi connectivity index (χ0) is 21.5. The van der Waals surface area contributed by atoms with Gasteiger partial charge in [0.2, 0.25) is 0 Å². The molecule has 1 amide bonds. The van der Waals surface area contributed by atoms with Crippen LogP contribution in [0.5, 0.6) is 0 Å². The van der Waals surface area contributed by atoms with Gasteiger partial charge in [-0.25, -0.2) is 0 Å². The standard InChI is InChI=1S/C21H21N5O3S/c1-3-13-25-19(15(2)22-20(27)17-7-5-4-6-8-17)23-24-21(25)30-14-16-9-11-18(12-10-16)26(28)29/h3-12,15H,1,13-14H2,2H3,(H,22,27)/t15-/m1/s1. The number of hydrogen-bond acceptors (Lipinski definition) is 6. The minimum atomic E-state index is -0.422. The second-order valence-corrected chi connectivity index (χ2v) is 7.46. The number of thioether (sulfide) groups is 1. The molecule has 2 aromatic carbocycles. The van der Waals surface area contributed by atoms with E-state index in [0.717, 1.165) is 5.56 Å². The third kappa shape index (κ3) is 5.12. The maximum Gasteiger partial charge on any atom is 0.269 e. The van der Waals surface area contributed by atoms with E-state index in [-0.39, 0.29) is 17.6 Å². The van der Waals surface area contributed by atoms with Gasteiger partial charge < -0.3 is 9.88 Å². The lowest BCUT2D eigenvalue weighted by Gasteiger charge is -2.15. The monoisotopic (exact) mass is 423 g/mol. The Kier molecular flexibility index (Phi) is 6.97. The number of nitrogens with zero attached hydrogens (tertiary/aromatic N) is 4. The maximum absolute atomic E-state index is 12.4. The van der Waals surface area contributed by atoms with Crippen molar-refractivity contribution in [1.29, 1.82) is 0 Å². The Hall–Kier alpha value is -3.46. The zero-order valence-corrected chi connectivity index (χ0v) is 17.2. The Morgan fingerprint density at radius 1 is 1.23 bits per heavy atom. The minimum absolute atomic E-state index is 0.0591. The molecule has 0 fully saturated rings. The molecule has 0 unspecified atom stereocenters. The van der Waals surface area contributed by atoms with Gasteiger partial charge in [-0.1, -0.05) is 48.2 Å². The van der Waals surface area contributed by atoms with Crippen molar-refractivity contribution in [2.45, 2.75) is 30.4 Å². The molecule has 0 aliphatic heterocycles. The lowest BCUT2D eigenvalue weighted by atomic mass is 10.2. The molecular weight excluding hydrogens is 402 g/mol. The fourth-order valence-electron chi connectivity index (χ4n) is 2.82. The van der Waals surface area contributed by atoms with Crippen molar-refractivity contribution in [3.8, 4) is 0 Å². The summed E-state index contributed by atoms with van der Waals surface area (Å²) in [6.45, 7) is 6.15. The van der Waals surface area contributed by atoms with Gasteiger partial charge in [-0.15, -0.1) is 16.8 Å². The molecule has 0 radical (unpaired) electrons. The van der Waals surface area contributed by atoms with Gasteiger partial charge in [0.25, 0.3) is 11.6 Å². The first-order chi connectivity index (χ1) is 14.5. The van der Waals surface area contributed by atoms with Gasteiger partial charge in [0.05, 0.1) is 11.0 Å². The van der Waals surface area contributed by atoms with Gasteiger partial charge in [0.15, 0.2) is 11.0 Å². The predicted octanol–water partition coefficient (Wildman–Crippen LogP) is 4.16. The summed E-state index contributed by atoms with van der Waals surface area (Å²) in [7, 11) is 0. The molecule has 9 heteroatoms. The molecule has 0 spiro atoms. The Morgan fingerprint density at radius 2 is 1.93 bits per heavy atom. The van der Waals surface area contributed by atoms with Crippen LogP contribution in [0.1, 0.15) is 34.7 Å². The number of aromatic nitrogens is 3. The summed E-state index contributed by atoms with van der Waals surface area (Å²) < 4.78 is 1.90. The molecule has 154 valence electrons. The molecule has 0 saturated heterocycles. The molecule has 0 saturated carbocycles. The highest BCUT2D eigenvalue weighted by Crippen LogP contribution is 2.25. The van der Waals surface area contributed by atoms with Gasteiger partial charge in [-0.3, -0.25) is 14.9 Å². The van der Waals surface area contributed by atoms with E-state index in [2.05, 4.69) is 22.1 Å². The molecule has 30 heavy (non-hydrogen) atoms. The largest absolute Gasteiger partial charge is 0.342 e. The van der Waals surface area contributed by atoms with Gasteiger partial charge in [-0.05, 0) is 24.6 Å². The molecule has 0 aliphatic carbocycles. The van der Waals surface area contributed by atoms with Crippen LogP contribution in [0.3, 0.4) is 0 Å². The quantitative estimate of drug-likeness (QED) is 0.240. The third-order valence-corrected chi connectivity index (χ3v) is 5.38. The van der Waals surface area contributed by atoms with Gasteiger partial charge in [0.1, 0.15) is 0 Å². The van der Waals surface area contributed by atoms with Crippen molar-refractivity contribution in [1.82, 2.24) is 20.1 Å². The molecule has 3 aromatic rings. The predicted molar refractivity (Wildman–Crippen MR) is 115 cm³/mol. The highest BCUT2D eigenvalue weighted by Gasteiger charge is 2.20. The van der Waals surface area contributed by atoms with E-state index < -0.39 is 4.92 Å². The second-order valence-electron chi connectivity index (χ2n) is 6.51. The summed E-state index contributed by atoms with van der Waals surface area (Å²) in [6.07, 6.45) is 1.74. The van der Waals surface area contributed by atoms with Crippen molar-refractivity contribution in [3.05, 3.63) is 94.3 Å². The highest BCUT2D eigenvalue weighted by molar-refractivity contribution is 7.98. The summed E-state index contributed by atoms with van der Waals surface area (Å²) in [5.74, 6) is 1.03. The number of nitrogens with one attached hydrogen (secondary N) is 1. The number of amides is 1. The van der Waals surface area contributed by atoms with E-state index in [9.17, 15) is 14.9 Å². The molecule has 3 rings (SSSR count). The second kappa shape index (κ2) is 9.84. The van der Waals surface area contributed by atoms with E-state index >= 15 is 0 Å². The first-order valence-electron chi connectivity index (χ1n) is 9.25. The Bertz CT molecular complexity index is 1030. The Labute approximate surface area is 178 Å². The number of benzene rings is 2. The van der Waals surface area contributed by atoms with Crippen LogP contribution in [0.15, 0.2) is 72.4 Å². The Balaban J connectivity index is 1.71. The first-order valence-corrected chi connectivity index (χ1v) is 10.2. The molecule has 1 aromatic heterocycles. The van der Waals surface area contributed by atoms with Crippen LogP contribution >= 0.6 is 11.8 Å². The number of rotatable bonds is 9. The highest BCUT2D eigenvalue weighted by atomic mass is 32.2. The van der Waals surface area contributed by atoms with Crippen LogP contribution in [0.25, 0.3) is 0 Å². The fourth-order valence-corrected chi connectivity index (χ4v) is 3.73. The number of carbonyl (C=O) groups excluding carboxylic acids is 1. The Morgan fingerprint density at radius 3 is 2.57 bits per heavy atom. The average molecular weight is 423 g/mol. The maximum atomic E-state index is 12.4. The lowest BCUT2D eigenvalue weighted by Crippen LogP contribution is -2.28. The summed E-state index contributed by atoms with van der Waals surface area (Å²) in [5, 5.41) is 22.9. The molecule has 8 nitrogen and oxygen atoms in total. The molecule has 1 N–H and O–H groups in total. The number of nitro groups is 1. The van der Waals surface area contributed by atoms with E-state index in [0.29, 0.717) is 28.8 Å². The van der Waals surface area contributed by atoms with Crippen molar-refractivity contribution < 1.29 is 9.72 Å². The van der Waals surface area contributed by atoms with Crippen molar-refractivity contribution >= 4 is 23.4 Å². The number of hydrogen-bond donors (Lipinski definition) is 1. The van der Waals surface area contributed by atoms with E-state index in [1.54, 1.807) is 30.3 Å². The number of carbonyl (C=O) groups is 1. The van der Waals surface area contributed by atoms with Crippen LogP contribution in [0, 0.1) is 10.1 Å². The number of allylic oxidation sites excluding steroid dienone is 1. The van der Waals surface area contributed by atoms with Crippen molar-refractivity contribution in [2.75, 3.05) is 0 Å². The zero-order valence-electron chi connectivity index (χ0n) is 16.4. The molecular formula is C21H21N5O3S. The fraction of sp³-hybridized carbons (Fsp3) is 0.190. The van der Waals surface area contributed by atoms with Crippen LogP contribution in [-0.2, 0) is 12.3 Å². The van der Waals surface area contributed by atoms with E-state index in [4.69, 9.17) is 0 Å². The molecule has 1 heterocycles. The van der Waals surface area contributed by atoms with Gasteiger partial charge >= 0.3 is 0 Å². The van der Waals surface area contributed by atoms with Crippen molar-refractivity contribution in [3.63, 3.8) is 0 Å². The van der Waals surface area contributed by atoms with Crippen LogP contribution in [0.4, 0.5) is 5.69 Å². The molecule has 0 aliphatic rings. The SMILES string of the molecule is C=CCn1c(SCc2ccc([N+](=O)[O-])cc2)nnc1[C@@H](C)NC(=O)c1ccccc1. The third-order valence-electron chi connectivity index (χ3n) is 4.34. The van der Waals surface area contributed by atoms with Crippen LogP contribution < -0.4 is 5.32 Å². The minimum Gasteiger partial charge on any atom is -0.342 e.